The molecule has 0 aliphatic rings. The van der Waals surface area contributed by atoms with Gasteiger partial charge in [0.1, 0.15) is 0 Å². The van der Waals surface area contributed by atoms with Crippen LogP contribution in [0.25, 0.3) is 0 Å². The van der Waals surface area contributed by atoms with Crippen molar-refractivity contribution in [2.24, 2.45) is 0 Å². The fraction of sp³-hybridized carbons (Fsp3) is 0. The molecule has 0 amide bonds. The fourth-order valence-corrected chi connectivity index (χ4v) is 0.844. The standard InChI is InChI=1S/C7H6I.Na.H2O4S/c1-6-2-4-7(8)5-3-6;;1-5(2,3)4/h2-5H,1H2;;(H2,1,2,3,4)/q-1;+1;. The fourth-order valence-electron chi connectivity index (χ4n) is 0.484. The van der Waals surface area contributed by atoms with Crippen molar-refractivity contribution in [3.8, 4) is 0 Å². The molecule has 0 unspecified atom stereocenters. The maximum absolute atomic E-state index is 8.74. The summed E-state index contributed by atoms with van der Waals surface area (Å²) >= 11 is 2.27. The molecule has 1 aromatic rings. The Morgan fingerprint density at radius 3 is 1.64 bits per heavy atom. The Kier molecular flexibility index (Phi) is 9.66. The van der Waals surface area contributed by atoms with E-state index in [0.29, 0.717) is 0 Å². The first-order valence-electron chi connectivity index (χ1n) is 3.06. The second-order valence-electron chi connectivity index (χ2n) is 2.07. The zero-order valence-electron chi connectivity index (χ0n) is 7.51. The number of halogens is 1. The Hall–Kier alpha value is 0.690. The van der Waals surface area contributed by atoms with Gasteiger partial charge >= 0.3 is 40.0 Å². The number of rotatable bonds is 0. The molecule has 0 saturated heterocycles. The predicted octanol–water partition coefficient (Wildman–Crippen LogP) is -1.18. The summed E-state index contributed by atoms with van der Waals surface area (Å²) in [6.07, 6.45) is 0. The van der Waals surface area contributed by atoms with E-state index in [1.165, 1.54) is 3.57 Å². The first kappa shape index (κ1) is 17.1. The van der Waals surface area contributed by atoms with Crippen molar-refractivity contribution in [1.82, 2.24) is 0 Å². The molecule has 1 rings (SSSR count). The molecule has 0 saturated carbocycles. The number of hydrogen-bond donors (Lipinski definition) is 2. The van der Waals surface area contributed by atoms with Crippen molar-refractivity contribution >= 4 is 33.0 Å². The van der Waals surface area contributed by atoms with Crippen molar-refractivity contribution in [1.29, 1.82) is 0 Å². The minimum Gasteiger partial charge on any atom is -0.264 e. The molecule has 14 heavy (non-hydrogen) atoms. The van der Waals surface area contributed by atoms with Gasteiger partial charge in [-0.15, -0.1) is 12.1 Å². The minimum absolute atomic E-state index is 0. The summed E-state index contributed by atoms with van der Waals surface area (Å²) in [5.74, 6) is 0. The minimum atomic E-state index is -4.67. The van der Waals surface area contributed by atoms with Crippen molar-refractivity contribution < 1.29 is 47.1 Å². The van der Waals surface area contributed by atoms with E-state index in [9.17, 15) is 0 Å². The van der Waals surface area contributed by atoms with Gasteiger partial charge in [-0.05, 0) is 26.2 Å². The van der Waals surface area contributed by atoms with Gasteiger partial charge in [0.05, 0.1) is 0 Å². The van der Waals surface area contributed by atoms with Crippen LogP contribution in [0, 0.1) is 10.5 Å². The van der Waals surface area contributed by atoms with Crippen LogP contribution in [-0.4, -0.2) is 17.5 Å². The van der Waals surface area contributed by atoms with E-state index in [4.69, 9.17) is 17.5 Å². The second kappa shape index (κ2) is 7.91. The molecule has 0 fully saturated rings. The van der Waals surface area contributed by atoms with E-state index in [-0.39, 0.29) is 29.6 Å². The van der Waals surface area contributed by atoms with E-state index in [0.717, 1.165) is 5.56 Å². The quantitative estimate of drug-likeness (QED) is 0.270. The molecule has 0 radical (unpaired) electrons. The van der Waals surface area contributed by atoms with Gasteiger partial charge in [-0.25, -0.2) is 0 Å². The van der Waals surface area contributed by atoms with Crippen LogP contribution < -0.4 is 29.6 Å². The predicted molar refractivity (Wildman–Crippen MR) is 57.8 cm³/mol. The van der Waals surface area contributed by atoms with E-state index >= 15 is 0 Å². The van der Waals surface area contributed by atoms with Crippen LogP contribution in [0.2, 0.25) is 0 Å². The van der Waals surface area contributed by atoms with Gasteiger partial charge in [-0.2, -0.15) is 33.0 Å². The summed E-state index contributed by atoms with van der Waals surface area (Å²) in [6, 6.07) is 8.09. The molecule has 0 aliphatic heterocycles. The Morgan fingerprint density at radius 2 is 1.43 bits per heavy atom. The maximum atomic E-state index is 8.74. The molecule has 0 aliphatic carbocycles. The smallest absolute Gasteiger partial charge is 0.264 e. The molecule has 74 valence electrons. The molecular weight excluding hydrogens is 330 g/mol. The zero-order valence-corrected chi connectivity index (χ0v) is 12.5. The van der Waals surface area contributed by atoms with Gasteiger partial charge in [0.2, 0.25) is 0 Å². The Balaban J connectivity index is 0. The van der Waals surface area contributed by atoms with Crippen LogP contribution in [0.1, 0.15) is 5.56 Å². The average molecular weight is 338 g/mol. The van der Waals surface area contributed by atoms with Crippen LogP contribution in [0.4, 0.5) is 0 Å². The Bertz CT molecular complexity index is 319. The molecule has 2 N–H and O–H groups in total. The van der Waals surface area contributed by atoms with Crippen molar-refractivity contribution in [3.05, 3.63) is 40.3 Å². The third-order valence-corrected chi connectivity index (χ3v) is 1.63. The summed E-state index contributed by atoms with van der Waals surface area (Å²) in [5, 5.41) is 0. The third kappa shape index (κ3) is 15.2. The summed E-state index contributed by atoms with van der Waals surface area (Å²) in [5.41, 5.74) is 1.07. The Labute approximate surface area is 119 Å². The van der Waals surface area contributed by atoms with Gasteiger partial charge in [0, 0.05) is 0 Å². The summed E-state index contributed by atoms with van der Waals surface area (Å²) in [6.45, 7) is 3.76. The molecule has 0 aromatic heterocycles. The molecule has 0 spiro atoms. The second-order valence-corrected chi connectivity index (χ2v) is 4.22. The summed E-state index contributed by atoms with van der Waals surface area (Å²) in [4.78, 5) is 0. The normalized spacial score (nSPS) is 9.36. The van der Waals surface area contributed by atoms with Crippen molar-refractivity contribution in [3.63, 3.8) is 0 Å². The maximum Gasteiger partial charge on any atom is 1.00 e. The van der Waals surface area contributed by atoms with Crippen molar-refractivity contribution in [2.75, 3.05) is 0 Å². The van der Waals surface area contributed by atoms with Crippen molar-refractivity contribution in [2.45, 2.75) is 0 Å². The first-order valence-corrected chi connectivity index (χ1v) is 5.54. The van der Waals surface area contributed by atoms with E-state index in [1.807, 2.05) is 24.3 Å². The summed E-state index contributed by atoms with van der Waals surface area (Å²) in [7, 11) is -4.67. The van der Waals surface area contributed by atoms with Crippen LogP contribution in [-0.2, 0) is 10.4 Å². The van der Waals surface area contributed by atoms with Gasteiger partial charge < -0.3 is 0 Å². The topological polar surface area (TPSA) is 74.6 Å². The van der Waals surface area contributed by atoms with Crippen LogP contribution >= 0.6 is 22.6 Å². The van der Waals surface area contributed by atoms with Gasteiger partial charge in [-0.3, -0.25) is 9.11 Å². The molecule has 0 bridgehead atoms. The molecule has 7 heteroatoms. The average Bonchev–Trinajstić information content (AvgIpc) is 1.92. The number of hydrogen-bond acceptors (Lipinski definition) is 2. The zero-order chi connectivity index (χ0) is 10.5. The van der Waals surface area contributed by atoms with E-state index in [2.05, 4.69) is 29.5 Å². The molecule has 1 aromatic carbocycles. The van der Waals surface area contributed by atoms with E-state index in [1.54, 1.807) is 0 Å². The molecular formula is C7H8INaO4S. The van der Waals surface area contributed by atoms with Crippen LogP contribution in [0.15, 0.2) is 24.3 Å². The molecule has 4 nitrogen and oxygen atoms in total. The largest absolute Gasteiger partial charge is 1.00 e. The molecule has 0 atom stereocenters. The SMILES string of the molecule is O=S(=O)(O)O.[CH2-]c1ccc(I)cc1.[Na+]. The van der Waals surface area contributed by atoms with Gasteiger partial charge in [0.25, 0.3) is 0 Å². The Morgan fingerprint density at radius 1 is 1.14 bits per heavy atom. The van der Waals surface area contributed by atoms with Crippen LogP contribution in [0.5, 0.6) is 0 Å². The monoisotopic (exact) mass is 338 g/mol. The first-order chi connectivity index (χ1) is 5.79. The molecule has 0 heterocycles. The van der Waals surface area contributed by atoms with Crippen LogP contribution in [0.3, 0.4) is 0 Å². The van der Waals surface area contributed by atoms with Gasteiger partial charge in [0.15, 0.2) is 0 Å². The third-order valence-electron chi connectivity index (χ3n) is 0.913. The van der Waals surface area contributed by atoms with Gasteiger partial charge in [-0.1, -0.05) is 0 Å². The van der Waals surface area contributed by atoms with E-state index < -0.39 is 10.4 Å². The summed E-state index contributed by atoms with van der Waals surface area (Å²) < 4.78 is 32.8. The number of benzene rings is 1.